The first-order valence-corrected chi connectivity index (χ1v) is 9.53. The first-order valence-electron chi connectivity index (χ1n) is 8.30. The summed E-state index contributed by atoms with van der Waals surface area (Å²) in [4.78, 5) is 25.5. The highest BCUT2D eigenvalue weighted by atomic mass is 32.2. The maximum Gasteiger partial charge on any atom is 0.285 e. The number of nitrogens with zero attached hydrogens (tertiary/aromatic N) is 1. The molecule has 28 heavy (non-hydrogen) atoms. The number of rotatable bonds is 5. The van der Waals surface area contributed by atoms with Crippen molar-refractivity contribution in [3.63, 3.8) is 0 Å². The van der Waals surface area contributed by atoms with Crippen LogP contribution in [0.2, 0.25) is 0 Å². The Hall–Kier alpha value is -2.84. The van der Waals surface area contributed by atoms with E-state index >= 15 is 0 Å². The van der Waals surface area contributed by atoms with E-state index < -0.39 is 11.8 Å². The number of hydrogen-bond acceptors (Lipinski definition) is 6. The second-order valence-electron chi connectivity index (χ2n) is 5.93. The van der Waals surface area contributed by atoms with Gasteiger partial charge in [0.05, 0.1) is 19.1 Å². The number of aryl methyl sites for hydroxylation is 1. The van der Waals surface area contributed by atoms with Gasteiger partial charge in [-0.2, -0.15) is 5.01 Å². The third kappa shape index (κ3) is 4.18. The molecule has 6 nitrogen and oxygen atoms in total. The van der Waals surface area contributed by atoms with E-state index in [1.54, 1.807) is 50.6 Å². The summed E-state index contributed by atoms with van der Waals surface area (Å²) < 4.78 is 10.8. The maximum atomic E-state index is 12.7. The summed E-state index contributed by atoms with van der Waals surface area (Å²) in [5.41, 5.74) is 4.76. The van der Waals surface area contributed by atoms with Crippen molar-refractivity contribution in [3.05, 3.63) is 64.1 Å². The zero-order valence-electron chi connectivity index (χ0n) is 15.5. The van der Waals surface area contributed by atoms with Crippen molar-refractivity contribution in [1.29, 1.82) is 0 Å². The lowest BCUT2D eigenvalue weighted by atomic mass is 10.1. The molecule has 8 heteroatoms. The van der Waals surface area contributed by atoms with E-state index in [9.17, 15) is 9.59 Å². The number of nitrogens with one attached hydrogen (secondary N) is 1. The number of carbonyl (C=O) groups excluding carboxylic acids is 2. The number of ether oxygens (including phenoxy) is 2. The fourth-order valence-electron chi connectivity index (χ4n) is 2.51. The van der Waals surface area contributed by atoms with E-state index in [0.29, 0.717) is 27.5 Å². The predicted molar refractivity (Wildman–Crippen MR) is 113 cm³/mol. The summed E-state index contributed by atoms with van der Waals surface area (Å²) in [5, 5.41) is 1.09. The van der Waals surface area contributed by atoms with Crippen LogP contribution in [-0.2, 0) is 4.79 Å². The molecule has 2 aromatic carbocycles. The van der Waals surface area contributed by atoms with Gasteiger partial charge in [0.1, 0.15) is 11.5 Å². The van der Waals surface area contributed by atoms with Crippen molar-refractivity contribution in [1.82, 2.24) is 10.4 Å². The molecule has 0 aromatic heterocycles. The molecule has 1 heterocycles. The Labute approximate surface area is 172 Å². The smallest absolute Gasteiger partial charge is 0.285 e. The average Bonchev–Trinajstić information content (AvgIpc) is 2.96. The molecule has 3 rings (SSSR count). The number of thioether (sulfide) groups is 1. The Kier molecular flexibility index (Phi) is 6.01. The molecule has 2 amide bonds. The zero-order valence-corrected chi connectivity index (χ0v) is 17.1. The first kappa shape index (κ1) is 19.9. The quantitative estimate of drug-likeness (QED) is 0.596. The topological polar surface area (TPSA) is 67.9 Å². The van der Waals surface area contributed by atoms with Crippen LogP contribution >= 0.6 is 24.0 Å². The SMILES string of the molecule is COc1ccc(C=C2SC(=S)N(NC(=O)c3ccc(C)cc3)C2=O)c(OC)c1. The van der Waals surface area contributed by atoms with E-state index in [1.807, 2.05) is 19.1 Å². The highest BCUT2D eigenvalue weighted by molar-refractivity contribution is 8.26. The molecule has 2 aromatic rings. The van der Waals surface area contributed by atoms with Crippen LogP contribution in [0.1, 0.15) is 21.5 Å². The van der Waals surface area contributed by atoms with Gasteiger partial charge >= 0.3 is 0 Å². The third-order valence-electron chi connectivity index (χ3n) is 4.05. The van der Waals surface area contributed by atoms with Gasteiger partial charge in [-0.1, -0.05) is 29.5 Å². The van der Waals surface area contributed by atoms with Gasteiger partial charge in [0.25, 0.3) is 11.8 Å². The van der Waals surface area contributed by atoms with Crippen LogP contribution in [0.3, 0.4) is 0 Å². The van der Waals surface area contributed by atoms with Crippen molar-refractivity contribution >= 4 is 46.2 Å². The number of hydrogen-bond donors (Lipinski definition) is 1. The van der Waals surface area contributed by atoms with Gasteiger partial charge < -0.3 is 9.47 Å². The molecular formula is C20H18N2O4S2. The molecule has 0 saturated carbocycles. The molecule has 144 valence electrons. The summed E-state index contributed by atoms with van der Waals surface area (Å²) >= 11 is 6.37. The molecular weight excluding hydrogens is 396 g/mol. The van der Waals surface area contributed by atoms with Crippen molar-refractivity contribution in [2.24, 2.45) is 0 Å². The molecule has 0 radical (unpaired) electrons. The van der Waals surface area contributed by atoms with Crippen LogP contribution in [-0.4, -0.2) is 35.4 Å². The lowest BCUT2D eigenvalue weighted by molar-refractivity contribution is -0.123. The molecule has 0 bridgehead atoms. The fourth-order valence-corrected chi connectivity index (χ4v) is 3.68. The Morgan fingerprint density at radius 1 is 1.14 bits per heavy atom. The van der Waals surface area contributed by atoms with E-state index in [4.69, 9.17) is 21.7 Å². The van der Waals surface area contributed by atoms with Crippen LogP contribution in [0.15, 0.2) is 47.4 Å². The Balaban J connectivity index is 1.80. The molecule has 1 N–H and O–H groups in total. The van der Waals surface area contributed by atoms with Crippen LogP contribution in [0.4, 0.5) is 0 Å². The third-order valence-corrected chi connectivity index (χ3v) is 5.35. The first-order chi connectivity index (χ1) is 13.4. The highest BCUT2D eigenvalue weighted by Crippen LogP contribution is 2.34. The Morgan fingerprint density at radius 2 is 1.86 bits per heavy atom. The van der Waals surface area contributed by atoms with E-state index in [-0.39, 0.29) is 4.32 Å². The van der Waals surface area contributed by atoms with Gasteiger partial charge in [-0.05, 0) is 49.5 Å². The van der Waals surface area contributed by atoms with Gasteiger partial charge in [-0.25, -0.2) is 0 Å². The number of amides is 2. The summed E-state index contributed by atoms with van der Waals surface area (Å²) in [6.07, 6.45) is 1.68. The van der Waals surface area contributed by atoms with Crippen molar-refractivity contribution in [3.8, 4) is 11.5 Å². The normalized spacial score (nSPS) is 15.1. The molecule has 0 atom stereocenters. The second-order valence-corrected chi connectivity index (χ2v) is 7.61. The van der Waals surface area contributed by atoms with Gasteiger partial charge in [-0.3, -0.25) is 15.0 Å². The molecule has 1 saturated heterocycles. The van der Waals surface area contributed by atoms with Gasteiger partial charge in [0.2, 0.25) is 0 Å². The van der Waals surface area contributed by atoms with Crippen molar-refractivity contribution in [2.75, 3.05) is 14.2 Å². The summed E-state index contributed by atoms with van der Waals surface area (Å²) in [6, 6.07) is 12.3. The van der Waals surface area contributed by atoms with Crippen LogP contribution in [0.25, 0.3) is 6.08 Å². The predicted octanol–water partition coefficient (Wildman–Crippen LogP) is 3.56. The lowest BCUT2D eigenvalue weighted by Crippen LogP contribution is -2.44. The van der Waals surface area contributed by atoms with Crippen LogP contribution in [0, 0.1) is 6.92 Å². The molecule has 0 spiro atoms. The van der Waals surface area contributed by atoms with Gasteiger partial charge in [0, 0.05) is 17.2 Å². The van der Waals surface area contributed by atoms with Crippen LogP contribution < -0.4 is 14.9 Å². The Morgan fingerprint density at radius 3 is 2.50 bits per heavy atom. The minimum absolute atomic E-state index is 0.254. The Bertz CT molecular complexity index is 971. The zero-order chi connectivity index (χ0) is 20.3. The maximum absolute atomic E-state index is 12.7. The number of methoxy groups -OCH3 is 2. The number of benzene rings is 2. The largest absolute Gasteiger partial charge is 0.497 e. The highest BCUT2D eigenvalue weighted by Gasteiger charge is 2.34. The van der Waals surface area contributed by atoms with E-state index in [1.165, 1.54) is 0 Å². The minimum Gasteiger partial charge on any atom is -0.497 e. The summed E-state index contributed by atoms with van der Waals surface area (Å²) in [7, 11) is 3.11. The van der Waals surface area contributed by atoms with E-state index in [2.05, 4.69) is 5.43 Å². The summed E-state index contributed by atoms with van der Waals surface area (Å²) in [6.45, 7) is 1.93. The molecule has 1 fully saturated rings. The minimum atomic E-state index is -0.403. The molecule has 1 aliphatic rings. The average molecular weight is 415 g/mol. The van der Waals surface area contributed by atoms with E-state index in [0.717, 1.165) is 22.3 Å². The number of carbonyl (C=O) groups is 2. The lowest BCUT2D eigenvalue weighted by Gasteiger charge is -2.15. The van der Waals surface area contributed by atoms with Crippen molar-refractivity contribution < 1.29 is 19.1 Å². The fraction of sp³-hybridized carbons (Fsp3) is 0.150. The molecule has 0 unspecified atom stereocenters. The van der Waals surface area contributed by atoms with Gasteiger partial charge in [0.15, 0.2) is 4.32 Å². The van der Waals surface area contributed by atoms with Crippen LogP contribution in [0.5, 0.6) is 11.5 Å². The molecule has 0 aliphatic carbocycles. The monoisotopic (exact) mass is 414 g/mol. The molecule has 1 aliphatic heterocycles. The number of thiocarbonyl (C=S) groups is 1. The standard InChI is InChI=1S/C20H18N2O4S2/c1-12-4-6-13(7-5-12)18(23)21-22-19(24)17(28-20(22)27)10-14-8-9-15(25-2)11-16(14)26-3/h4-11H,1-3H3,(H,21,23). The van der Waals surface area contributed by atoms with Crippen molar-refractivity contribution in [2.45, 2.75) is 6.92 Å². The summed E-state index contributed by atoms with van der Waals surface area (Å²) in [5.74, 6) is 0.410. The van der Waals surface area contributed by atoms with Gasteiger partial charge in [-0.15, -0.1) is 0 Å². The number of hydrazine groups is 1. The second kappa shape index (κ2) is 8.45.